The lowest BCUT2D eigenvalue weighted by atomic mass is 10.3. The summed E-state index contributed by atoms with van der Waals surface area (Å²) in [5, 5.41) is 2.23. The van der Waals surface area contributed by atoms with Gasteiger partial charge in [0.1, 0.15) is 0 Å². The highest BCUT2D eigenvalue weighted by molar-refractivity contribution is 5.96. The number of hydrogen-bond acceptors (Lipinski definition) is 3. The van der Waals surface area contributed by atoms with Gasteiger partial charge in [-0.3, -0.25) is 15.1 Å². The molecule has 0 atom stereocenters. The van der Waals surface area contributed by atoms with Crippen molar-refractivity contribution < 1.29 is 9.59 Å². The van der Waals surface area contributed by atoms with Crippen LogP contribution in [0.2, 0.25) is 0 Å². The Bertz CT molecular complexity index is 334. The Morgan fingerprint density at radius 3 is 2.87 bits per heavy atom. The van der Waals surface area contributed by atoms with Gasteiger partial charge in [0.25, 0.3) is 0 Å². The molecule has 5 heteroatoms. The highest BCUT2D eigenvalue weighted by Crippen LogP contribution is 2.05. The van der Waals surface area contributed by atoms with Crippen LogP contribution in [0.5, 0.6) is 0 Å². The lowest BCUT2D eigenvalue weighted by molar-refractivity contribution is -0.121. The van der Waals surface area contributed by atoms with Crippen LogP contribution < -0.4 is 5.32 Å². The molecule has 1 aliphatic heterocycles. The van der Waals surface area contributed by atoms with E-state index in [0.717, 1.165) is 0 Å². The third-order valence-corrected chi connectivity index (χ3v) is 2.01. The predicted molar refractivity (Wildman–Crippen MR) is 57.6 cm³/mol. The number of nitrogens with zero attached hydrogens (tertiary/aromatic N) is 2. The van der Waals surface area contributed by atoms with E-state index in [9.17, 15) is 9.59 Å². The number of urea groups is 1. The largest absolute Gasteiger partial charge is 0.324 e. The van der Waals surface area contributed by atoms with E-state index in [-0.39, 0.29) is 11.9 Å². The van der Waals surface area contributed by atoms with Crippen molar-refractivity contribution in [3.05, 3.63) is 24.4 Å². The number of hydrogen-bond donors (Lipinski definition) is 1. The first-order valence-corrected chi connectivity index (χ1v) is 4.54. The standard InChI is InChI=1S/C10H13N3O2/c1-3-4-8(11-2)7-13-6-5-9(14)12-10(13)15/h3-4H,1-2,5-7H2,(H,12,14,15)/b8-4-. The van der Waals surface area contributed by atoms with Crippen LogP contribution in [0.3, 0.4) is 0 Å². The summed E-state index contributed by atoms with van der Waals surface area (Å²) in [5.74, 6) is -0.239. The lowest BCUT2D eigenvalue weighted by Crippen LogP contribution is -2.49. The second-order valence-corrected chi connectivity index (χ2v) is 3.08. The molecule has 3 amide bonds. The summed E-state index contributed by atoms with van der Waals surface area (Å²) < 4.78 is 0. The quantitative estimate of drug-likeness (QED) is 0.544. The molecule has 1 fully saturated rings. The topological polar surface area (TPSA) is 61.8 Å². The Labute approximate surface area is 88.2 Å². The van der Waals surface area contributed by atoms with Gasteiger partial charge < -0.3 is 4.90 Å². The first-order chi connectivity index (χ1) is 7.17. The summed E-state index contributed by atoms with van der Waals surface area (Å²) in [7, 11) is 0. The Morgan fingerprint density at radius 2 is 2.33 bits per heavy atom. The van der Waals surface area contributed by atoms with Crippen molar-refractivity contribution >= 4 is 18.7 Å². The van der Waals surface area contributed by atoms with Crippen molar-refractivity contribution in [2.75, 3.05) is 13.1 Å². The molecule has 0 aromatic carbocycles. The van der Waals surface area contributed by atoms with Crippen molar-refractivity contribution in [2.45, 2.75) is 6.42 Å². The van der Waals surface area contributed by atoms with E-state index in [1.807, 2.05) is 0 Å². The number of imide groups is 1. The summed E-state index contributed by atoms with van der Waals surface area (Å²) >= 11 is 0. The second kappa shape index (κ2) is 5.09. The maximum absolute atomic E-state index is 11.3. The zero-order valence-electron chi connectivity index (χ0n) is 8.40. The van der Waals surface area contributed by atoms with Crippen LogP contribution in [0.25, 0.3) is 0 Å². The number of aliphatic imine (C=N–C) groups is 1. The van der Waals surface area contributed by atoms with Gasteiger partial charge in [-0.25, -0.2) is 4.79 Å². The molecule has 1 rings (SSSR count). The van der Waals surface area contributed by atoms with E-state index in [1.165, 1.54) is 4.90 Å². The van der Waals surface area contributed by atoms with Crippen molar-refractivity contribution in [3.63, 3.8) is 0 Å². The van der Waals surface area contributed by atoms with Gasteiger partial charge in [0.2, 0.25) is 5.91 Å². The summed E-state index contributed by atoms with van der Waals surface area (Å²) in [4.78, 5) is 27.5. The average molecular weight is 207 g/mol. The molecular formula is C10H13N3O2. The molecule has 0 aromatic heterocycles. The molecule has 15 heavy (non-hydrogen) atoms. The first-order valence-electron chi connectivity index (χ1n) is 4.54. The van der Waals surface area contributed by atoms with Crippen molar-refractivity contribution in [1.82, 2.24) is 10.2 Å². The fourth-order valence-electron chi connectivity index (χ4n) is 1.24. The molecule has 1 saturated heterocycles. The minimum Gasteiger partial charge on any atom is -0.318 e. The van der Waals surface area contributed by atoms with Crippen LogP contribution in [-0.2, 0) is 4.79 Å². The van der Waals surface area contributed by atoms with E-state index in [2.05, 4.69) is 23.6 Å². The summed E-state index contributed by atoms with van der Waals surface area (Å²) in [6, 6.07) is -0.384. The number of carbonyl (C=O) groups excluding carboxylic acids is 2. The molecule has 1 N–H and O–H groups in total. The molecule has 0 spiro atoms. The van der Waals surface area contributed by atoms with Crippen LogP contribution in [0, 0.1) is 0 Å². The fourth-order valence-corrected chi connectivity index (χ4v) is 1.24. The number of rotatable bonds is 4. The molecule has 1 aliphatic rings. The lowest BCUT2D eigenvalue weighted by Gasteiger charge is -2.26. The van der Waals surface area contributed by atoms with E-state index in [4.69, 9.17) is 0 Å². The van der Waals surface area contributed by atoms with Gasteiger partial charge in [-0.1, -0.05) is 12.7 Å². The summed E-state index contributed by atoms with van der Waals surface area (Å²) in [5.41, 5.74) is 0.648. The maximum Gasteiger partial charge on any atom is 0.324 e. The Morgan fingerprint density at radius 1 is 1.60 bits per heavy atom. The molecule has 0 aromatic rings. The van der Waals surface area contributed by atoms with Crippen LogP contribution in [0.4, 0.5) is 4.79 Å². The van der Waals surface area contributed by atoms with Crippen molar-refractivity contribution in [1.29, 1.82) is 0 Å². The van der Waals surface area contributed by atoms with E-state index in [0.29, 0.717) is 25.2 Å². The molecule has 0 bridgehead atoms. The van der Waals surface area contributed by atoms with Crippen molar-refractivity contribution in [3.8, 4) is 0 Å². The first kappa shape index (κ1) is 11.2. The Kier molecular flexibility index (Phi) is 3.79. The molecule has 0 unspecified atom stereocenters. The maximum atomic E-state index is 11.3. The van der Waals surface area contributed by atoms with Gasteiger partial charge in [0.05, 0.1) is 12.2 Å². The normalized spacial score (nSPS) is 17.3. The predicted octanol–water partition coefficient (Wildman–Crippen LogP) is 0.699. The van der Waals surface area contributed by atoms with Gasteiger partial charge >= 0.3 is 6.03 Å². The van der Waals surface area contributed by atoms with Crippen LogP contribution in [0.1, 0.15) is 6.42 Å². The third kappa shape index (κ3) is 3.05. The van der Waals surface area contributed by atoms with Crippen LogP contribution in [0.15, 0.2) is 29.4 Å². The van der Waals surface area contributed by atoms with Crippen molar-refractivity contribution in [2.24, 2.45) is 4.99 Å². The fraction of sp³-hybridized carbons (Fsp3) is 0.300. The molecule has 0 saturated carbocycles. The van der Waals surface area contributed by atoms with Crippen LogP contribution >= 0.6 is 0 Å². The van der Waals surface area contributed by atoms with E-state index >= 15 is 0 Å². The molecular weight excluding hydrogens is 194 g/mol. The summed E-state index contributed by atoms with van der Waals surface area (Å²) in [6.45, 7) is 7.68. The molecule has 5 nitrogen and oxygen atoms in total. The molecule has 0 radical (unpaired) electrons. The zero-order chi connectivity index (χ0) is 11.3. The Balaban J connectivity index is 2.61. The highest BCUT2D eigenvalue weighted by Gasteiger charge is 2.22. The monoisotopic (exact) mass is 207 g/mol. The molecule has 0 aliphatic carbocycles. The number of nitrogens with one attached hydrogen (secondary N) is 1. The summed E-state index contributed by atoms with van der Waals surface area (Å²) in [6.07, 6.45) is 3.58. The second-order valence-electron chi connectivity index (χ2n) is 3.08. The van der Waals surface area contributed by atoms with Gasteiger partial charge in [0.15, 0.2) is 0 Å². The van der Waals surface area contributed by atoms with Gasteiger partial charge in [-0.05, 0) is 12.8 Å². The van der Waals surface area contributed by atoms with Gasteiger partial charge in [-0.15, -0.1) is 0 Å². The van der Waals surface area contributed by atoms with Gasteiger partial charge in [-0.2, -0.15) is 0 Å². The van der Waals surface area contributed by atoms with E-state index < -0.39 is 0 Å². The minimum absolute atomic E-state index is 0.239. The average Bonchev–Trinajstić information content (AvgIpc) is 2.21. The third-order valence-electron chi connectivity index (χ3n) is 2.01. The number of allylic oxidation sites excluding steroid dienone is 2. The zero-order valence-corrected chi connectivity index (χ0v) is 8.40. The van der Waals surface area contributed by atoms with Gasteiger partial charge in [0, 0.05) is 13.0 Å². The SMILES string of the molecule is C=C/C=C(/CN1CCC(=O)NC1=O)N=C. The Hall–Kier alpha value is -1.91. The molecule has 1 heterocycles. The van der Waals surface area contributed by atoms with E-state index in [1.54, 1.807) is 12.2 Å². The molecule has 80 valence electrons. The highest BCUT2D eigenvalue weighted by atomic mass is 16.2. The minimum atomic E-state index is -0.384. The smallest absolute Gasteiger partial charge is 0.318 e. The van der Waals surface area contributed by atoms with Crippen LogP contribution in [-0.4, -0.2) is 36.6 Å². The number of carbonyl (C=O) groups is 2. The number of amides is 3.